The number of aliphatic carboxylic acids is 1. The van der Waals surface area contributed by atoms with Crippen LogP contribution in [0.5, 0.6) is 0 Å². The summed E-state index contributed by atoms with van der Waals surface area (Å²) in [6.07, 6.45) is 0.901. The minimum Gasteiger partial charge on any atom is -0.479 e. The summed E-state index contributed by atoms with van der Waals surface area (Å²) in [5.41, 5.74) is 1.62. The minimum absolute atomic E-state index is 0.551. The molecule has 0 saturated carbocycles. The first-order chi connectivity index (χ1) is 9.61. The summed E-state index contributed by atoms with van der Waals surface area (Å²) in [5, 5.41) is 10.5. The Labute approximate surface area is 137 Å². The topological polar surface area (TPSA) is 64.4 Å². The molecule has 1 atom stereocenters. The molecule has 6 heteroatoms. The van der Waals surface area contributed by atoms with E-state index in [0.717, 1.165) is 14.6 Å². The molecule has 0 aliphatic carbocycles. The van der Waals surface area contributed by atoms with Gasteiger partial charge in [-0.1, -0.05) is 0 Å². The molecule has 2 rings (SSSR count). The second-order valence-corrected chi connectivity index (χ2v) is 7.12. The fourth-order valence-corrected chi connectivity index (χ4v) is 3.34. The van der Waals surface area contributed by atoms with Crippen molar-refractivity contribution in [1.29, 1.82) is 0 Å². The highest BCUT2D eigenvalue weighted by Crippen LogP contribution is 2.33. The van der Waals surface area contributed by atoms with Crippen LogP contribution in [-0.2, 0) is 16.6 Å². The molecule has 0 bridgehead atoms. The molecule has 2 heterocycles. The molecule has 21 heavy (non-hydrogen) atoms. The van der Waals surface area contributed by atoms with E-state index in [9.17, 15) is 9.90 Å². The predicted octanol–water partition coefficient (Wildman–Crippen LogP) is 3.43. The third kappa shape index (κ3) is 3.21. The molecule has 5 nitrogen and oxygen atoms in total. The number of carboxylic acids is 1. The van der Waals surface area contributed by atoms with E-state index in [1.165, 1.54) is 0 Å². The Morgan fingerprint density at radius 3 is 2.62 bits per heavy atom. The maximum atomic E-state index is 11.7. The molecule has 0 aromatic carbocycles. The summed E-state index contributed by atoms with van der Waals surface area (Å²) in [5.74, 6) is -0.997. The van der Waals surface area contributed by atoms with Crippen LogP contribution in [0.4, 0.5) is 0 Å². The van der Waals surface area contributed by atoms with Crippen LogP contribution in [-0.4, -0.2) is 26.2 Å². The van der Waals surface area contributed by atoms with Crippen LogP contribution < -0.4 is 0 Å². The quantitative estimate of drug-likeness (QED) is 0.800. The smallest absolute Gasteiger partial charge is 0.337 e. The molecule has 0 fully saturated rings. The van der Waals surface area contributed by atoms with Gasteiger partial charge < -0.3 is 14.4 Å². The lowest BCUT2D eigenvalue weighted by Crippen LogP contribution is -2.28. The van der Waals surface area contributed by atoms with E-state index in [1.54, 1.807) is 0 Å². The van der Waals surface area contributed by atoms with Crippen LogP contribution in [0.2, 0.25) is 0 Å². The van der Waals surface area contributed by atoms with Crippen molar-refractivity contribution in [3.05, 3.63) is 27.1 Å². The Kier molecular flexibility index (Phi) is 4.30. The molecule has 0 saturated heterocycles. The van der Waals surface area contributed by atoms with Gasteiger partial charge in [-0.05, 0) is 56.4 Å². The van der Waals surface area contributed by atoms with Crippen molar-refractivity contribution < 1.29 is 14.6 Å². The van der Waals surface area contributed by atoms with E-state index in [4.69, 9.17) is 4.74 Å². The molecule has 1 N–H and O–H groups in total. The summed E-state index contributed by atoms with van der Waals surface area (Å²) < 4.78 is 8.56. The van der Waals surface area contributed by atoms with Gasteiger partial charge in [-0.3, -0.25) is 0 Å². The van der Waals surface area contributed by atoms with Crippen LogP contribution in [0.25, 0.3) is 11.0 Å². The highest BCUT2D eigenvalue weighted by Gasteiger charge is 2.31. The fraction of sp³-hybridized carbons (Fsp3) is 0.467. The van der Waals surface area contributed by atoms with Crippen molar-refractivity contribution >= 4 is 39.6 Å². The summed E-state index contributed by atoms with van der Waals surface area (Å²) in [6.45, 7) is 7.37. The lowest BCUT2D eigenvalue weighted by Gasteiger charge is -2.26. The number of carbonyl (C=O) groups is 1. The molecule has 114 valence electrons. The zero-order valence-electron chi connectivity index (χ0n) is 12.8. The van der Waals surface area contributed by atoms with E-state index < -0.39 is 17.7 Å². The maximum Gasteiger partial charge on any atom is 0.337 e. The highest BCUT2D eigenvalue weighted by molar-refractivity contribution is 14.1. The standard InChI is InChI=1S/C15H19IN2O3/c1-8-10(12(14(19)20)21-15(2,3)4)11(16)9-6-7-18(5)13(9)17-8/h6-7,12H,1-5H3,(H,19,20). The van der Waals surface area contributed by atoms with Crippen LogP contribution in [0, 0.1) is 10.5 Å². The Bertz CT molecular complexity index is 701. The molecule has 0 amide bonds. The van der Waals surface area contributed by atoms with Crippen LogP contribution in [0.3, 0.4) is 0 Å². The summed E-state index contributed by atoms with van der Waals surface area (Å²) in [4.78, 5) is 16.2. The van der Waals surface area contributed by atoms with Crippen molar-refractivity contribution in [2.45, 2.75) is 39.4 Å². The number of aromatic nitrogens is 2. The van der Waals surface area contributed by atoms with Gasteiger partial charge in [0.05, 0.1) is 5.60 Å². The van der Waals surface area contributed by atoms with Crippen LogP contribution in [0.15, 0.2) is 12.3 Å². The summed E-state index contributed by atoms with van der Waals surface area (Å²) >= 11 is 2.18. The van der Waals surface area contributed by atoms with E-state index in [2.05, 4.69) is 27.6 Å². The Morgan fingerprint density at radius 2 is 2.10 bits per heavy atom. The van der Waals surface area contributed by atoms with Gasteiger partial charge in [0.2, 0.25) is 0 Å². The molecule has 0 aliphatic heterocycles. The number of ether oxygens (including phenoxy) is 1. The zero-order chi connectivity index (χ0) is 15.9. The third-order valence-electron chi connectivity index (χ3n) is 3.13. The molecule has 1 unspecified atom stereocenters. The first-order valence-electron chi connectivity index (χ1n) is 6.63. The number of rotatable bonds is 3. The van der Waals surface area contributed by atoms with E-state index in [0.29, 0.717) is 11.3 Å². The number of hydrogen-bond acceptors (Lipinski definition) is 3. The van der Waals surface area contributed by atoms with Gasteiger partial charge in [0.1, 0.15) is 5.65 Å². The largest absolute Gasteiger partial charge is 0.479 e. The number of halogens is 1. The van der Waals surface area contributed by atoms with Gasteiger partial charge in [-0.25, -0.2) is 9.78 Å². The average molecular weight is 402 g/mol. The zero-order valence-corrected chi connectivity index (χ0v) is 14.9. The summed E-state index contributed by atoms with van der Waals surface area (Å²) in [6, 6.07) is 1.95. The SMILES string of the molecule is Cc1nc2c(ccn2C)c(I)c1C(OC(C)(C)C)C(=O)O. The average Bonchev–Trinajstić information content (AvgIpc) is 2.68. The lowest BCUT2D eigenvalue weighted by atomic mass is 10.0. The van der Waals surface area contributed by atoms with Crippen LogP contribution in [0.1, 0.15) is 38.1 Å². The first kappa shape index (κ1) is 16.2. The lowest BCUT2D eigenvalue weighted by molar-refractivity contribution is -0.160. The Balaban J connectivity index is 2.65. The molecule has 0 spiro atoms. The number of aryl methyl sites for hydroxylation is 2. The number of nitrogens with zero attached hydrogens (tertiary/aromatic N) is 2. The van der Waals surface area contributed by atoms with Gasteiger partial charge in [-0.15, -0.1) is 0 Å². The first-order valence-corrected chi connectivity index (χ1v) is 7.71. The predicted molar refractivity (Wildman–Crippen MR) is 89.4 cm³/mol. The van der Waals surface area contributed by atoms with Crippen molar-refractivity contribution in [3.63, 3.8) is 0 Å². The van der Waals surface area contributed by atoms with Gasteiger partial charge in [0.15, 0.2) is 6.10 Å². The fourth-order valence-electron chi connectivity index (χ4n) is 2.25. The number of pyridine rings is 1. The molecular weight excluding hydrogens is 383 g/mol. The van der Waals surface area contributed by atoms with E-state index in [-0.39, 0.29) is 0 Å². The summed E-state index contributed by atoms with van der Waals surface area (Å²) in [7, 11) is 1.92. The van der Waals surface area contributed by atoms with Crippen molar-refractivity contribution in [3.8, 4) is 0 Å². The van der Waals surface area contributed by atoms with Crippen LogP contribution >= 0.6 is 22.6 Å². The Hall–Kier alpha value is -1.15. The van der Waals surface area contributed by atoms with Crippen molar-refractivity contribution in [2.24, 2.45) is 7.05 Å². The molecule has 0 radical (unpaired) electrons. The van der Waals surface area contributed by atoms with Gasteiger partial charge in [0, 0.05) is 33.5 Å². The number of fused-ring (bicyclic) bond motifs is 1. The maximum absolute atomic E-state index is 11.7. The van der Waals surface area contributed by atoms with Crippen molar-refractivity contribution in [2.75, 3.05) is 0 Å². The van der Waals surface area contributed by atoms with Crippen molar-refractivity contribution in [1.82, 2.24) is 9.55 Å². The monoisotopic (exact) mass is 402 g/mol. The Morgan fingerprint density at radius 1 is 1.48 bits per heavy atom. The van der Waals surface area contributed by atoms with Gasteiger partial charge in [-0.2, -0.15) is 0 Å². The molecule has 2 aromatic heterocycles. The molecule has 2 aromatic rings. The second-order valence-electron chi connectivity index (χ2n) is 6.04. The highest BCUT2D eigenvalue weighted by atomic mass is 127. The molecule has 0 aliphatic rings. The number of hydrogen-bond donors (Lipinski definition) is 1. The number of carboxylic acid groups (broad SMARTS) is 1. The van der Waals surface area contributed by atoms with Gasteiger partial charge >= 0.3 is 5.97 Å². The minimum atomic E-state index is -1.02. The van der Waals surface area contributed by atoms with Gasteiger partial charge in [0.25, 0.3) is 0 Å². The van der Waals surface area contributed by atoms with E-state index >= 15 is 0 Å². The van der Waals surface area contributed by atoms with E-state index in [1.807, 2.05) is 51.6 Å². The third-order valence-corrected chi connectivity index (χ3v) is 4.30. The normalized spacial score (nSPS) is 13.6. The molecular formula is C15H19IN2O3. The second kappa shape index (κ2) is 5.57.